The van der Waals surface area contributed by atoms with Crippen LogP contribution in [0.1, 0.15) is 36.0 Å². The lowest BCUT2D eigenvalue weighted by Crippen LogP contribution is -2.44. The van der Waals surface area contributed by atoms with Crippen LogP contribution >= 0.6 is 0 Å². The molecule has 0 unspecified atom stereocenters. The maximum absolute atomic E-state index is 11.9. The van der Waals surface area contributed by atoms with Gasteiger partial charge in [0.2, 0.25) is 0 Å². The first-order chi connectivity index (χ1) is 8.98. The van der Waals surface area contributed by atoms with Gasteiger partial charge in [-0.15, -0.1) is 0 Å². The van der Waals surface area contributed by atoms with Crippen LogP contribution < -0.4 is 5.32 Å². The summed E-state index contributed by atoms with van der Waals surface area (Å²) >= 11 is 0. The average Bonchev–Trinajstić information content (AvgIpc) is 2.29. The van der Waals surface area contributed by atoms with E-state index in [2.05, 4.69) is 38.2 Å². The molecule has 1 aromatic rings. The molecular weight excluding hydrogens is 238 g/mol. The third-order valence-electron chi connectivity index (χ3n) is 4.21. The molecule has 1 aliphatic carbocycles. The predicted octanol–water partition coefficient (Wildman–Crippen LogP) is 3.37. The van der Waals surface area contributed by atoms with Gasteiger partial charge in [0.25, 0.3) is 0 Å². The van der Waals surface area contributed by atoms with E-state index >= 15 is 0 Å². The Kier molecular flexibility index (Phi) is 3.83. The molecule has 0 heterocycles. The molecule has 1 aromatic carbocycles. The summed E-state index contributed by atoms with van der Waals surface area (Å²) in [7, 11) is 1.48. The summed E-state index contributed by atoms with van der Waals surface area (Å²) in [5.41, 5.74) is 4.58. The number of carbonyl (C=O) groups excluding carboxylic acids is 1. The average molecular weight is 261 g/mol. The van der Waals surface area contributed by atoms with Gasteiger partial charge in [-0.25, -0.2) is 0 Å². The molecule has 104 valence electrons. The van der Waals surface area contributed by atoms with Crippen molar-refractivity contribution >= 4 is 11.7 Å². The van der Waals surface area contributed by atoms with E-state index in [1.807, 2.05) is 0 Å². The van der Waals surface area contributed by atoms with Gasteiger partial charge < -0.3 is 10.1 Å². The molecular formula is C16H23NO2. The maximum atomic E-state index is 11.9. The third-order valence-corrected chi connectivity index (χ3v) is 4.21. The van der Waals surface area contributed by atoms with Crippen LogP contribution in [0.3, 0.4) is 0 Å². The minimum absolute atomic E-state index is 0.0753. The molecule has 0 amide bonds. The van der Waals surface area contributed by atoms with E-state index in [1.165, 1.54) is 23.8 Å². The van der Waals surface area contributed by atoms with Crippen LogP contribution in [-0.4, -0.2) is 19.6 Å². The smallest absolute Gasteiger partial charge is 0.313 e. The van der Waals surface area contributed by atoms with Crippen molar-refractivity contribution in [2.75, 3.05) is 19.0 Å². The number of carbonyl (C=O) groups is 1. The monoisotopic (exact) mass is 261 g/mol. The summed E-state index contributed by atoms with van der Waals surface area (Å²) in [6.07, 6.45) is 2.97. The second-order valence-corrected chi connectivity index (χ2v) is 5.75. The van der Waals surface area contributed by atoms with Crippen LogP contribution in [0.2, 0.25) is 0 Å². The number of esters is 1. The van der Waals surface area contributed by atoms with Gasteiger partial charge in [0, 0.05) is 12.2 Å². The van der Waals surface area contributed by atoms with E-state index in [9.17, 15) is 4.79 Å². The highest BCUT2D eigenvalue weighted by Crippen LogP contribution is 2.42. The van der Waals surface area contributed by atoms with E-state index in [4.69, 9.17) is 4.74 Å². The van der Waals surface area contributed by atoms with Crippen LogP contribution in [0, 0.1) is 26.2 Å². The number of nitrogens with one attached hydrogen (secondary N) is 1. The van der Waals surface area contributed by atoms with E-state index < -0.39 is 0 Å². The van der Waals surface area contributed by atoms with Crippen molar-refractivity contribution in [2.24, 2.45) is 5.41 Å². The standard InChI is InChI=1S/C16H23NO2/c1-11-8-12(2)14(13(3)9-11)17-10-16(6-5-7-16)15(18)19-4/h8-9,17H,5-7,10H2,1-4H3. The summed E-state index contributed by atoms with van der Waals surface area (Å²) in [5, 5.41) is 3.47. The second kappa shape index (κ2) is 5.24. The summed E-state index contributed by atoms with van der Waals surface area (Å²) in [6.45, 7) is 6.98. The first-order valence-electron chi connectivity index (χ1n) is 6.89. The second-order valence-electron chi connectivity index (χ2n) is 5.75. The number of hydrogen-bond acceptors (Lipinski definition) is 3. The zero-order valence-corrected chi connectivity index (χ0v) is 12.3. The van der Waals surface area contributed by atoms with Gasteiger partial charge in [0.1, 0.15) is 0 Å². The molecule has 0 atom stereocenters. The lowest BCUT2D eigenvalue weighted by atomic mass is 9.68. The highest BCUT2D eigenvalue weighted by Gasteiger charge is 2.45. The Hall–Kier alpha value is -1.51. The van der Waals surface area contributed by atoms with Gasteiger partial charge in [-0.3, -0.25) is 4.79 Å². The number of hydrogen-bond donors (Lipinski definition) is 1. The fourth-order valence-corrected chi connectivity index (χ4v) is 2.99. The van der Waals surface area contributed by atoms with Gasteiger partial charge in [-0.05, 0) is 44.7 Å². The molecule has 0 saturated heterocycles. The van der Waals surface area contributed by atoms with Gasteiger partial charge in [-0.2, -0.15) is 0 Å². The number of benzene rings is 1. The number of rotatable bonds is 4. The largest absolute Gasteiger partial charge is 0.469 e. The molecule has 19 heavy (non-hydrogen) atoms. The topological polar surface area (TPSA) is 38.3 Å². The van der Waals surface area contributed by atoms with Crippen molar-refractivity contribution in [3.05, 3.63) is 28.8 Å². The fourth-order valence-electron chi connectivity index (χ4n) is 2.99. The van der Waals surface area contributed by atoms with Crippen LogP contribution in [0.4, 0.5) is 5.69 Å². The summed E-state index contributed by atoms with van der Waals surface area (Å²) in [6, 6.07) is 4.34. The van der Waals surface area contributed by atoms with E-state index in [0.29, 0.717) is 6.54 Å². The zero-order valence-electron chi connectivity index (χ0n) is 12.3. The van der Waals surface area contributed by atoms with E-state index in [0.717, 1.165) is 24.9 Å². The Labute approximate surface area is 115 Å². The highest BCUT2D eigenvalue weighted by molar-refractivity contribution is 5.78. The zero-order chi connectivity index (χ0) is 14.0. The van der Waals surface area contributed by atoms with Crippen molar-refractivity contribution in [3.8, 4) is 0 Å². The lowest BCUT2D eigenvalue weighted by Gasteiger charge is -2.39. The molecule has 2 rings (SSSR count). The SMILES string of the molecule is COC(=O)C1(CNc2c(C)cc(C)cc2C)CCC1. The molecule has 1 N–H and O–H groups in total. The molecule has 0 bridgehead atoms. The Balaban J connectivity index is 2.12. The Morgan fingerprint density at radius 2 is 1.84 bits per heavy atom. The maximum Gasteiger partial charge on any atom is 0.313 e. The molecule has 3 nitrogen and oxygen atoms in total. The third kappa shape index (κ3) is 2.60. The summed E-state index contributed by atoms with van der Waals surface area (Å²) in [5.74, 6) is -0.0753. The summed E-state index contributed by atoms with van der Waals surface area (Å²) in [4.78, 5) is 11.9. The number of anilines is 1. The molecule has 0 radical (unpaired) electrons. The van der Waals surface area contributed by atoms with Crippen molar-refractivity contribution in [1.29, 1.82) is 0 Å². The highest BCUT2D eigenvalue weighted by atomic mass is 16.5. The Morgan fingerprint density at radius 3 is 2.26 bits per heavy atom. The van der Waals surface area contributed by atoms with E-state index in [1.54, 1.807) is 0 Å². The minimum Gasteiger partial charge on any atom is -0.469 e. The molecule has 0 spiro atoms. The number of methoxy groups -OCH3 is 1. The molecule has 3 heteroatoms. The van der Waals surface area contributed by atoms with E-state index in [-0.39, 0.29) is 11.4 Å². The minimum atomic E-state index is -0.307. The first-order valence-corrected chi connectivity index (χ1v) is 6.89. The van der Waals surface area contributed by atoms with Crippen molar-refractivity contribution in [3.63, 3.8) is 0 Å². The Bertz CT molecular complexity index is 467. The van der Waals surface area contributed by atoms with Gasteiger partial charge in [0.05, 0.1) is 12.5 Å². The van der Waals surface area contributed by atoms with Crippen LogP contribution in [0.5, 0.6) is 0 Å². The quantitative estimate of drug-likeness (QED) is 0.845. The molecule has 1 saturated carbocycles. The lowest BCUT2D eigenvalue weighted by molar-refractivity contribution is -0.157. The van der Waals surface area contributed by atoms with Gasteiger partial charge in [0.15, 0.2) is 0 Å². The molecule has 1 fully saturated rings. The van der Waals surface area contributed by atoms with Crippen molar-refractivity contribution in [2.45, 2.75) is 40.0 Å². The van der Waals surface area contributed by atoms with Crippen LogP contribution in [0.25, 0.3) is 0 Å². The number of ether oxygens (including phenoxy) is 1. The molecule has 0 aromatic heterocycles. The normalized spacial score (nSPS) is 16.6. The van der Waals surface area contributed by atoms with Crippen molar-refractivity contribution < 1.29 is 9.53 Å². The Morgan fingerprint density at radius 1 is 1.26 bits per heavy atom. The summed E-state index contributed by atoms with van der Waals surface area (Å²) < 4.78 is 4.95. The molecule has 1 aliphatic rings. The van der Waals surface area contributed by atoms with Crippen molar-refractivity contribution in [1.82, 2.24) is 0 Å². The predicted molar refractivity (Wildman–Crippen MR) is 77.4 cm³/mol. The van der Waals surface area contributed by atoms with Gasteiger partial charge >= 0.3 is 5.97 Å². The first kappa shape index (κ1) is 13.9. The van der Waals surface area contributed by atoms with Crippen LogP contribution in [-0.2, 0) is 9.53 Å². The number of aryl methyl sites for hydroxylation is 3. The molecule has 0 aliphatic heterocycles. The van der Waals surface area contributed by atoms with Gasteiger partial charge in [-0.1, -0.05) is 24.1 Å². The van der Waals surface area contributed by atoms with Crippen LogP contribution in [0.15, 0.2) is 12.1 Å². The fraction of sp³-hybridized carbons (Fsp3) is 0.562.